The molecule has 0 aromatic carbocycles. The molecule has 4 nitrogen and oxygen atoms in total. The SMILES string of the molecule is CN=C(N)NCC1(O)CCCC1C. The van der Waals surface area contributed by atoms with Crippen LogP contribution in [0.25, 0.3) is 0 Å². The van der Waals surface area contributed by atoms with Gasteiger partial charge in [-0.15, -0.1) is 0 Å². The molecule has 0 aromatic heterocycles. The van der Waals surface area contributed by atoms with E-state index in [1.54, 1.807) is 7.05 Å². The summed E-state index contributed by atoms with van der Waals surface area (Å²) in [6, 6.07) is 0. The monoisotopic (exact) mass is 185 g/mol. The highest BCUT2D eigenvalue weighted by Crippen LogP contribution is 2.34. The fourth-order valence-corrected chi connectivity index (χ4v) is 1.81. The number of hydrogen-bond donors (Lipinski definition) is 3. The number of nitrogens with one attached hydrogen (secondary N) is 1. The average molecular weight is 185 g/mol. The smallest absolute Gasteiger partial charge is 0.188 e. The van der Waals surface area contributed by atoms with Gasteiger partial charge in [0.1, 0.15) is 0 Å². The van der Waals surface area contributed by atoms with E-state index in [9.17, 15) is 5.11 Å². The van der Waals surface area contributed by atoms with Crippen molar-refractivity contribution in [3.63, 3.8) is 0 Å². The summed E-state index contributed by atoms with van der Waals surface area (Å²) in [5.74, 6) is 0.747. The highest BCUT2D eigenvalue weighted by molar-refractivity contribution is 5.77. The Morgan fingerprint density at radius 3 is 2.92 bits per heavy atom. The Kier molecular flexibility index (Phi) is 3.14. The molecule has 0 radical (unpaired) electrons. The van der Waals surface area contributed by atoms with E-state index in [-0.39, 0.29) is 0 Å². The minimum atomic E-state index is -0.588. The van der Waals surface area contributed by atoms with Crippen molar-refractivity contribution in [1.29, 1.82) is 0 Å². The summed E-state index contributed by atoms with van der Waals surface area (Å²) >= 11 is 0. The molecular formula is C9H19N3O. The van der Waals surface area contributed by atoms with Crippen molar-refractivity contribution in [1.82, 2.24) is 5.32 Å². The standard InChI is InChI=1S/C9H19N3O/c1-7-4-3-5-9(7,13)6-12-8(10)11-2/h7,13H,3-6H2,1-2H3,(H3,10,11,12). The summed E-state index contributed by atoms with van der Waals surface area (Å²) in [6.45, 7) is 2.59. The first kappa shape index (κ1) is 10.3. The Bertz CT molecular complexity index is 205. The molecule has 0 aromatic rings. The fraction of sp³-hybridized carbons (Fsp3) is 0.889. The van der Waals surface area contributed by atoms with E-state index >= 15 is 0 Å². The number of hydrogen-bond acceptors (Lipinski definition) is 2. The molecule has 0 spiro atoms. The molecule has 0 saturated heterocycles. The zero-order chi connectivity index (χ0) is 9.90. The van der Waals surface area contributed by atoms with E-state index in [0.717, 1.165) is 19.3 Å². The van der Waals surface area contributed by atoms with Crippen LogP contribution in [0.4, 0.5) is 0 Å². The number of nitrogens with zero attached hydrogens (tertiary/aromatic N) is 1. The number of guanidine groups is 1. The Morgan fingerprint density at radius 2 is 2.46 bits per heavy atom. The topological polar surface area (TPSA) is 70.6 Å². The first-order valence-electron chi connectivity index (χ1n) is 4.77. The average Bonchev–Trinajstić information content (AvgIpc) is 2.44. The lowest BCUT2D eigenvalue weighted by Crippen LogP contribution is -2.46. The second-order valence-electron chi connectivity index (χ2n) is 3.86. The molecule has 2 atom stereocenters. The lowest BCUT2D eigenvalue weighted by molar-refractivity contribution is 0.0140. The van der Waals surface area contributed by atoms with E-state index in [0.29, 0.717) is 18.4 Å². The molecule has 76 valence electrons. The first-order chi connectivity index (χ1) is 6.08. The molecule has 0 bridgehead atoms. The third-order valence-corrected chi connectivity index (χ3v) is 2.98. The van der Waals surface area contributed by atoms with Gasteiger partial charge < -0.3 is 16.2 Å². The van der Waals surface area contributed by atoms with Gasteiger partial charge in [0.25, 0.3) is 0 Å². The number of nitrogens with two attached hydrogens (primary N) is 1. The largest absolute Gasteiger partial charge is 0.388 e. The summed E-state index contributed by atoms with van der Waals surface area (Å²) in [4.78, 5) is 3.78. The van der Waals surface area contributed by atoms with Gasteiger partial charge in [-0.05, 0) is 18.8 Å². The Labute approximate surface area is 79.2 Å². The van der Waals surface area contributed by atoms with Crippen molar-refractivity contribution in [2.45, 2.75) is 31.8 Å². The van der Waals surface area contributed by atoms with E-state index in [1.807, 2.05) is 0 Å². The van der Waals surface area contributed by atoms with Crippen molar-refractivity contribution >= 4 is 5.96 Å². The van der Waals surface area contributed by atoms with Gasteiger partial charge in [-0.3, -0.25) is 4.99 Å². The molecule has 0 amide bonds. The van der Waals surface area contributed by atoms with Gasteiger partial charge >= 0.3 is 0 Å². The zero-order valence-electron chi connectivity index (χ0n) is 8.38. The minimum absolute atomic E-state index is 0.352. The third kappa shape index (κ3) is 2.34. The zero-order valence-corrected chi connectivity index (χ0v) is 8.38. The summed E-state index contributed by atoms with van der Waals surface area (Å²) < 4.78 is 0. The van der Waals surface area contributed by atoms with Crippen LogP contribution < -0.4 is 11.1 Å². The molecular weight excluding hydrogens is 166 g/mol. The van der Waals surface area contributed by atoms with Crippen LogP contribution in [-0.2, 0) is 0 Å². The van der Waals surface area contributed by atoms with Gasteiger partial charge in [0.2, 0.25) is 0 Å². The maximum absolute atomic E-state index is 10.1. The maximum atomic E-state index is 10.1. The summed E-state index contributed by atoms with van der Waals surface area (Å²) in [5.41, 5.74) is 4.90. The Balaban J connectivity index is 2.43. The second kappa shape index (κ2) is 3.96. The van der Waals surface area contributed by atoms with Crippen LogP contribution in [0.2, 0.25) is 0 Å². The van der Waals surface area contributed by atoms with Crippen LogP contribution in [0.3, 0.4) is 0 Å². The normalized spacial score (nSPS) is 35.0. The van der Waals surface area contributed by atoms with E-state index in [4.69, 9.17) is 5.73 Å². The second-order valence-corrected chi connectivity index (χ2v) is 3.86. The fourth-order valence-electron chi connectivity index (χ4n) is 1.81. The molecule has 1 fully saturated rings. The molecule has 0 aliphatic heterocycles. The first-order valence-corrected chi connectivity index (χ1v) is 4.77. The van der Waals surface area contributed by atoms with Gasteiger partial charge in [-0.1, -0.05) is 13.3 Å². The molecule has 2 unspecified atom stereocenters. The van der Waals surface area contributed by atoms with Crippen molar-refractivity contribution in [3.8, 4) is 0 Å². The summed E-state index contributed by atoms with van der Waals surface area (Å²) in [7, 11) is 1.63. The molecule has 4 heteroatoms. The van der Waals surface area contributed by atoms with Gasteiger partial charge in [0, 0.05) is 13.6 Å². The van der Waals surface area contributed by atoms with Crippen LogP contribution in [0.1, 0.15) is 26.2 Å². The third-order valence-electron chi connectivity index (χ3n) is 2.98. The van der Waals surface area contributed by atoms with Crippen LogP contribution >= 0.6 is 0 Å². The molecule has 1 rings (SSSR count). The van der Waals surface area contributed by atoms with Gasteiger partial charge in [-0.2, -0.15) is 0 Å². The van der Waals surface area contributed by atoms with Gasteiger partial charge in [-0.25, -0.2) is 0 Å². The highest BCUT2D eigenvalue weighted by atomic mass is 16.3. The number of aliphatic imine (C=N–C) groups is 1. The van der Waals surface area contributed by atoms with Crippen LogP contribution in [0, 0.1) is 5.92 Å². The quantitative estimate of drug-likeness (QED) is 0.421. The van der Waals surface area contributed by atoms with E-state index in [2.05, 4.69) is 17.2 Å². The van der Waals surface area contributed by atoms with Gasteiger partial charge in [0.05, 0.1) is 5.60 Å². The molecule has 4 N–H and O–H groups in total. The molecule has 0 heterocycles. The predicted octanol–water partition coefficient (Wildman–Crippen LogP) is 0.0716. The summed E-state index contributed by atoms with van der Waals surface area (Å²) in [5, 5.41) is 13.1. The van der Waals surface area contributed by atoms with Crippen LogP contribution in [-0.4, -0.2) is 30.3 Å². The van der Waals surface area contributed by atoms with Crippen molar-refractivity contribution in [2.24, 2.45) is 16.6 Å². The van der Waals surface area contributed by atoms with Crippen molar-refractivity contribution in [2.75, 3.05) is 13.6 Å². The highest BCUT2D eigenvalue weighted by Gasteiger charge is 2.37. The lowest BCUT2D eigenvalue weighted by atomic mass is 9.92. The molecule has 13 heavy (non-hydrogen) atoms. The Hall–Kier alpha value is -0.770. The minimum Gasteiger partial charge on any atom is -0.388 e. The maximum Gasteiger partial charge on any atom is 0.188 e. The lowest BCUT2D eigenvalue weighted by Gasteiger charge is -2.27. The number of aliphatic hydroxyl groups is 1. The van der Waals surface area contributed by atoms with Crippen molar-refractivity contribution in [3.05, 3.63) is 0 Å². The molecule has 1 saturated carbocycles. The van der Waals surface area contributed by atoms with Crippen molar-refractivity contribution < 1.29 is 5.11 Å². The summed E-state index contributed by atoms with van der Waals surface area (Å²) in [6.07, 6.45) is 3.06. The number of rotatable bonds is 2. The predicted molar refractivity (Wildman–Crippen MR) is 53.5 cm³/mol. The molecule has 1 aliphatic rings. The molecule has 1 aliphatic carbocycles. The van der Waals surface area contributed by atoms with Crippen LogP contribution in [0.15, 0.2) is 4.99 Å². The van der Waals surface area contributed by atoms with Gasteiger partial charge in [0.15, 0.2) is 5.96 Å². The Morgan fingerprint density at radius 1 is 1.77 bits per heavy atom. The van der Waals surface area contributed by atoms with Crippen LogP contribution in [0.5, 0.6) is 0 Å². The van der Waals surface area contributed by atoms with E-state index < -0.39 is 5.60 Å². The van der Waals surface area contributed by atoms with E-state index in [1.165, 1.54) is 0 Å².